The number of rotatable bonds is 9. The van der Waals surface area contributed by atoms with Crippen LogP contribution in [0, 0.1) is 0 Å². The highest BCUT2D eigenvalue weighted by Gasteiger charge is 1.97. The molecule has 0 aliphatic carbocycles. The Labute approximate surface area is 126 Å². The Bertz CT molecular complexity index is 496. The lowest BCUT2D eigenvalue weighted by Crippen LogP contribution is -2.15. The summed E-state index contributed by atoms with van der Waals surface area (Å²) in [5.74, 6) is 0.905. The van der Waals surface area contributed by atoms with Crippen molar-refractivity contribution in [2.24, 2.45) is 0 Å². The van der Waals surface area contributed by atoms with Gasteiger partial charge in [0.1, 0.15) is 12.4 Å². The Hall–Kier alpha value is -1.84. The fourth-order valence-electron chi connectivity index (χ4n) is 2.02. The molecule has 0 aliphatic rings. The first-order valence-electron chi connectivity index (χ1n) is 7.34. The number of ether oxygens (including phenoxy) is 2. The molecule has 2 rings (SSSR count). The number of methoxy groups -OCH3 is 1. The van der Waals surface area contributed by atoms with Gasteiger partial charge in [-0.25, -0.2) is 0 Å². The number of nitrogens with one attached hydrogen (secondary N) is 1. The summed E-state index contributed by atoms with van der Waals surface area (Å²) in [5, 5.41) is 3.39. The van der Waals surface area contributed by atoms with E-state index in [1.54, 1.807) is 7.11 Å². The molecular formula is C18H23NO2. The van der Waals surface area contributed by atoms with Crippen LogP contribution in [0.15, 0.2) is 54.6 Å². The van der Waals surface area contributed by atoms with Crippen LogP contribution in [0.25, 0.3) is 0 Å². The molecule has 0 spiro atoms. The summed E-state index contributed by atoms with van der Waals surface area (Å²) in [6, 6.07) is 18.4. The Kier molecular flexibility index (Phi) is 6.78. The molecule has 0 amide bonds. The Morgan fingerprint density at radius 2 is 1.67 bits per heavy atom. The van der Waals surface area contributed by atoms with E-state index in [4.69, 9.17) is 9.47 Å². The molecule has 21 heavy (non-hydrogen) atoms. The third-order valence-corrected chi connectivity index (χ3v) is 3.20. The monoisotopic (exact) mass is 285 g/mol. The molecule has 2 aromatic carbocycles. The van der Waals surface area contributed by atoms with Gasteiger partial charge in [0.05, 0.1) is 0 Å². The predicted molar refractivity (Wildman–Crippen MR) is 85.4 cm³/mol. The number of benzene rings is 2. The number of hydrogen-bond donors (Lipinski definition) is 1. The van der Waals surface area contributed by atoms with Gasteiger partial charge >= 0.3 is 0 Å². The standard InChI is InChI=1S/C18H23NO2/c1-20-13-5-12-19-14-16-8-10-18(11-9-16)21-15-17-6-3-2-4-7-17/h2-4,6-11,19H,5,12-15H2,1H3. The van der Waals surface area contributed by atoms with Crippen LogP contribution in [-0.2, 0) is 17.9 Å². The first-order chi connectivity index (χ1) is 10.4. The highest BCUT2D eigenvalue weighted by Crippen LogP contribution is 2.14. The van der Waals surface area contributed by atoms with Gasteiger partial charge in [-0.05, 0) is 36.2 Å². The van der Waals surface area contributed by atoms with Crippen molar-refractivity contribution in [1.29, 1.82) is 0 Å². The van der Waals surface area contributed by atoms with Gasteiger partial charge in [0.25, 0.3) is 0 Å². The van der Waals surface area contributed by atoms with Gasteiger partial charge < -0.3 is 14.8 Å². The van der Waals surface area contributed by atoms with Crippen molar-refractivity contribution < 1.29 is 9.47 Å². The van der Waals surface area contributed by atoms with E-state index in [0.717, 1.165) is 31.9 Å². The lowest BCUT2D eigenvalue weighted by molar-refractivity contribution is 0.194. The lowest BCUT2D eigenvalue weighted by Gasteiger charge is -2.08. The van der Waals surface area contributed by atoms with Crippen molar-refractivity contribution >= 4 is 0 Å². The minimum absolute atomic E-state index is 0.607. The van der Waals surface area contributed by atoms with Crippen LogP contribution in [0.2, 0.25) is 0 Å². The second-order valence-electron chi connectivity index (χ2n) is 4.94. The van der Waals surface area contributed by atoms with E-state index < -0.39 is 0 Å². The fraction of sp³-hybridized carbons (Fsp3) is 0.333. The Balaban J connectivity index is 1.71. The van der Waals surface area contributed by atoms with Crippen LogP contribution in [0.3, 0.4) is 0 Å². The molecule has 0 unspecified atom stereocenters. The maximum atomic E-state index is 5.77. The van der Waals surface area contributed by atoms with Crippen molar-refractivity contribution in [1.82, 2.24) is 5.32 Å². The summed E-state index contributed by atoms with van der Waals surface area (Å²) in [4.78, 5) is 0. The molecular weight excluding hydrogens is 262 g/mol. The smallest absolute Gasteiger partial charge is 0.119 e. The van der Waals surface area contributed by atoms with Crippen LogP contribution in [-0.4, -0.2) is 20.3 Å². The van der Waals surface area contributed by atoms with E-state index in [1.165, 1.54) is 11.1 Å². The SMILES string of the molecule is COCCCNCc1ccc(OCc2ccccc2)cc1. The van der Waals surface area contributed by atoms with E-state index in [9.17, 15) is 0 Å². The molecule has 3 nitrogen and oxygen atoms in total. The van der Waals surface area contributed by atoms with Crippen LogP contribution in [0.1, 0.15) is 17.5 Å². The van der Waals surface area contributed by atoms with E-state index in [2.05, 4.69) is 29.6 Å². The molecule has 0 aromatic heterocycles. The van der Waals surface area contributed by atoms with Crippen LogP contribution in [0.5, 0.6) is 5.75 Å². The second kappa shape index (κ2) is 9.16. The summed E-state index contributed by atoms with van der Waals surface area (Å²) in [6.07, 6.45) is 1.04. The molecule has 0 fully saturated rings. The van der Waals surface area contributed by atoms with Crippen molar-refractivity contribution in [3.63, 3.8) is 0 Å². The zero-order valence-electron chi connectivity index (χ0n) is 12.5. The number of hydrogen-bond acceptors (Lipinski definition) is 3. The first kappa shape index (κ1) is 15.5. The van der Waals surface area contributed by atoms with Gasteiger partial charge in [-0.3, -0.25) is 0 Å². The van der Waals surface area contributed by atoms with Gasteiger partial charge in [0, 0.05) is 20.3 Å². The predicted octanol–water partition coefficient (Wildman–Crippen LogP) is 3.39. The van der Waals surface area contributed by atoms with Crippen LogP contribution < -0.4 is 10.1 Å². The zero-order valence-corrected chi connectivity index (χ0v) is 12.5. The van der Waals surface area contributed by atoms with E-state index >= 15 is 0 Å². The average Bonchev–Trinajstić information content (AvgIpc) is 2.55. The first-order valence-corrected chi connectivity index (χ1v) is 7.34. The molecule has 0 saturated heterocycles. The largest absolute Gasteiger partial charge is 0.489 e. The molecule has 3 heteroatoms. The Morgan fingerprint density at radius 3 is 2.38 bits per heavy atom. The summed E-state index contributed by atoms with van der Waals surface area (Å²) in [7, 11) is 1.73. The van der Waals surface area contributed by atoms with Gasteiger partial charge in [-0.1, -0.05) is 42.5 Å². The molecule has 0 saturated carbocycles. The van der Waals surface area contributed by atoms with Crippen molar-refractivity contribution in [3.8, 4) is 5.75 Å². The van der Waals surface area contributed by atoms with Crippen LogP contribution in [0.4, 0.5) is 0 Å². The van der Waals surface area contributed by atoms with Gasteiger partial charge in [-0.15, -0.1) is 0 Å². The fourth-order valence-corrected chi connectivity index (χ4v) is 2.02. The average molecular weight is 285 g/mol. The highest BCUT2D eigenvalue weighted by atomic mass is 16.5. The van der Waals surface area contributed by atoms with Crippen molar-refractivity contribution in [2.45, 2.75) is 19.6 Å². The minimum Gasteiger partial charge on any atom is -0.489 e. The maximum Gasteiger partial charge on any atom is 0.119 e. The molecule has 1 N–H and O–H groups in total. The molecule has 2 aromatic rings. The summed E-state index contributed by atoms with van der Waals surface area (Å²) >= 11 is 0. The minimum atomic E-state index is 0.607. The highest BCUT2D eigenvalue weighted by molar-refractivity contribution is 5.27. The van der Waals surface area contributed by atoms with Crippen LogP contribution >= 0.6 is 0 Å². The molecule has 0 aliphatic heterocycles. The molecule has 112 valence electrons. The zero-order chi connectivity index (χ0) is 14.8. The van der Waals surface area contributed by atoms with Gasteiger partial charge in [0.15, 0.2) is 0 Å². The molecule has 0 bridgehead atoms. The molecule has 0 radical (unpaired) electrons. The van der Waals surface area contributed by atoms with Crippen molar-refractivity contribution in [3.05, 3.63) is 65.7 Å². The lowest BCUT2D eigenvalue weighted by atomic mass is 10.2. The van der Waals surface area contributed by atoms with E-state index in [1.807, 2.05) is 30.3 Å². The van der Waals surface area contributed by atoms with Crippen molar-refractivity contribution in [2.75, 3.05) is 20.3 Å². The molecule has 0 heterocycles. The Morgan fingerprint density at radius 1 is 0.905 bits per heavy atom. The van der Waals surface area contributed by atoms with Gasteiger partial charge in [0.2, 0.25) is 0 Å². The summed E-state index contributed by atoms with van der Waals surface area (Å²) < 4.78 is 10.8. The van der Waals surface area contributed by atoms with Gasteiger partial charge in [-0.2, -0.15) is 0 Å². The molecule has 0 atom stereocenters. The van der Waals surface area contributed by atoms with E-state index in [0.29, 0.717) is 6.61 Å². The quantitative estimate of drug-likeness (QED) is 0.716. The summed E-state index contributed by atoms with van der Waals surface area (Å²) in [6.45, 7) is 3.26. The summed E-state index contributed by atoms with van der Waals surface area (Å²) in [5.41, 5.74) is 2.45. The maximum absolute atomic E-state index is 5.77. The normalized spacial score (nSPS) is 10.5. The topological polar surface area (TPSA) is 30.5 Å². The third-order valence-electron chi connectivity index (χ3n) is 3.20. The second-order valence-corrected chi connectivity index (χ2v) is 4.94. The third kappa shape index (κ3) is 5.98. The van der Waals surface area contributed by atoms with E-state index in [-0.39, 0.29) is 0 Å².